The van der Waals surface area contributed by atoms with Gasteiger partial charge in [0.15, 0.2) is 0 Å². The zero-order valence-electron chi connectivity index (χ0n) is 7.06. The molecule has 0 radical (unpaired) electrons. The number of ether oxygens (including phenoxy) is 2. The Balaban J connectivity index is 1.94. The molecule has 1 fully saturated rings. The maximum absolute atomic E-state index is 11.5. The van der Waals surface area contributed by atoms with E-state index in [-0.39, 0.29) is 19.2 Å². The van der Waals surface area contributed by atoms with Crippen molar-refractivity contribution in [2.45, 2.75) is 18.8 Å². The molecule has 1 heterocycles. The van der Waals surface area contributed by atoms with Crippen LogP contribution in [-0.2, 0) is 9.47 Å². The Morgan fingerprint density at radius 2 is 2.23 bits per heavy atom. The van der Waals surface area contributed by atoms with E-state index in [0.717, 1.165) is 6.42 Å². The molecule has 1 aliphatic rings. The van der Waals surface area contributed by atoms with Gasteiger partial charge in [-0.15, -0.1) is 13.2 Å². The molecule has 0 saturated carbocycles. The minimum Gasteiger partial charge on any atom is -0.380 e. The molecular weight excluding hydrogens is 187 g/mol. The smallest absolute Gasteiger partial charge is 0.380 e. The molecule has 0 spiro atoms. The SMILES string of the molecule is FC(F)(F)OCCNC1CCOC1. The number of hydrogen-bond acceptors (Lipinski definition) is 3. The van der Waals surface area contributed by atoms with E-state index in [1.807, 2.05) is 0 Å². The van der Waals surface area contributed by atoms with E-state index < -0.39 is 6.36 Å². The van der Waals surface area contributed by atoms with Crippen LogP contribution in [0.4, 0.5) is 13.2 Å². The molecule has 0 aromatic rings. The molecule has 1 aliphatic heterocycles. The van der Waals surface area contributed by atoms with E-state index in [1.165, 1.54) is 0 Å². The van der Waals surface area contributed by atoms with Crippen LogP contribution in [0.25, 0.3) is 0 Å². The normalized spacial score (nSPS) is 23.8. The van der Waals surface area contributed by atoms with Crippen LogP contribution in [0.1, 0.15) is 6.42 Å². The van der Waals surface area contributed by atoms with E-state index in [1.54, 1.807) is 0 Å². The van der Waals surface area contributed by atoms with Gasteiger partial charge in [-0.3, -0.25) is 4.74 Å². The second-order valence-corrected chi connectivity index (χ2v) is 2.81. The summed E-state index contributed by atoms with van der Waals surface area (Å²) in [5.74, 6) is 0. The number of rotatable bonds is 4. The fourth-order valence-corrected chi connectivity index (χ4v) is 1.13. The van der Waals surface area contributed by atoms with Gasteiger partial charge in [-0.2, -0.15) is 0 Å². The predicted molar refractivity (Wildman–Crippen MR) is 39.2 cm³/mol. The van der Waals surface area contributed by atoms with Crippen LogP contribution in [-0.4, -0.2) is 38.8 Å². The first-order valence-corrected chi connectivity index (χ1v) is 4.10. The van der Waals surface area contributed by atoms with Crippen LogP contribution in [0, 0.1) is 0 Å². The number of alkyl halides is 3. The van der Waals surface area contributed by atoms with Gasteiger partial charge in [-0.05, 0) is 6.42 Å². The third-order valence-electron chi connectivity index (χ3n) is 1.73. The Labute approximate surface area is 74.2 Å². The van der Waals surface area contributed by atoms with E-state index in [0.29, 0.717) is 13.2 Å². The molecule has 6 heteroatoms. The van der Waals surface area contributed by atoms with Gasteiger partial charge < -0.3 is 10.1 Å². The van der Waals surface area contributed by atoms with Crippen molar-refractivity contribution in [3.63, 3.8) is 0 Å². The van der Waals surface area contributed by atoms with Crippen molar-refractivity contribution in [1.82, 2.24) is 5.32 Å². The molecule has 1 atom stereocenters. The Morgan fingerprint density at radius 1 is 1.46 bits per heavy atom. The highest BCUT2D eigenvalue weighted by molar-refractivity contribution is 4.70. The van der Waals surface area contributed by atoms with Crippen LogP contribution in [0.5, 0.6) is 0 Å². The molecular formula is C7H12F3NO2. The second kappa shape index (κ2) is 4.78. The summed E-state index contributed by atoms with van der Waals surface area (Å²) in [7, 11) is 0. The van der Waals surface area contributed by atoms with Gasteiger partial charge in [-0.25, -0.2) is 0 Å². The fourth-order valence-electron chi connectivity index (χ4n) is 1.13. The second-order valence-electron chi connectivity index (χ2n) is 2.81. The minimum atomic E-state index is -4.52. The summed E-state index contributed by atoms with van der Waals surface area (Å²) in [6, 6.07) is 0.178. The fraction of sp³-hybridized carbons (Fsp3) is 1.00. The summed E-state index contributed by atoms with van der Waals surface area (Å²) < 4.78 is 43.1. The highest BCUT2D eigenvalue weighted by Crippen LogP contribution is 2.15. The van der Waals surface area contributed by atoms with Gasteiger partial charge in [0.25, 0.3) is 0 Å². The molecule has 1 saturated heterocycles. The standard InChI is InChI=1S/C7H12F3NO2/c8-7(9,10)13-4-2-11-6-1-3-12-5-6/h6,11H,1-5H2. The van der Waals surface area contributed by atoms with E-state index >= 15 is 0 Å². The van der Waals surface area contributed by atoms with Gasteiger partial charge in [0.05, 0.1) is 13.2 Å². The molecule has 0 aromatic heterocycles. The summed E-state index contributed by atoms with van der Waals surface area (Å²) in [4.78, 5) is 0. The molecule has 1 N–H and O–H groups in total. The lowest BCUT2D eigenvalue weighted by Crippen LogP contribution is -2.33. The zero-order valence-corrected chi connectivity index (χ0v) is 7.06. The summed E-state index contributed by atoms with van der Waals surface area (Å²) in [5.41, 5.74) is 0. The van der Waals surface area contributed by atoms with Crippen LogP contribution >= 0.6 is 0 Å². The van der Waals surface area contributed by atoms with Crippen molar-refractivity contribution in [1.29, 1.82) is 0 Å². The molecule has 78 valence electrons. The van der Waals surface area contributed by atoms with Crippen LogP contribution < -0.4 is 5.32 Å². The molecule has 13 heavy (non-hydrogen) atoms. The van der Waals surface area contributed by atoms with Gasteiger partial charge in [0.1, 0.15) is 0 Å². The van der Waals surface area contributed by atoms with Crippen molar-refractivity contribution in [2.75, 3.05) is 26.4 Å². The molecule has 0 amide bonds. The first-order chi connectivity index (χ1) is 6.08. The lowest BCUT2D eigenvalue weighted by atomic mass is 10.3. The zero-order chi connectivity index (χ0) is 9.73. The van der Waals surface area contributed by atoms with Gasteiger partial charge in [-0.1, -0.05) is 0 Å². The van der Waals surface area contributed by atoms with Crippen molar-refractivity contribution in [3.8, 4) is 0 Å². The number of nitrogens with one attached hydrogen (secondary N) is 1. The molecule has 1 unspecified atom stereocenters. The molecule has 0 aliphatic carbocycles. The van der Waals surface area contributed by atoms with Gasteiger partial charge >= 0.3 is 6.36 Å². The van der Waals surface area contributed by atoms with Crippen molar-refractivity contribution in [2.24, 2.45) is 0 Å². The van der Waals surface area contributed by atoms with Crippen LogP contribution in [0.3, 0.4) is 0 Å². The topological polar surface area (TPSA) is 30.5 Å². The third kappa shape index (κ3) is 5.07. The average Bonchev–Trinajstić information content (AvgIpc) is 2.48. The Morgan fingerprint density at radius 3 is 2.77 bits per heavy atom. The largest absolute Gasteiger partial charge is 0.522 e. The lowest BCUT2D eigenvalue weighted by Gasteiger charge is -2.11. The minimum absolute atomic E-state index is 0.178. The summed E-state index contributed by atoms with van der Waals surface area (Å²) >= 11 is 0. The predicted octanol–water partition coefficient (Wildman–Crippen LogP) is 0.901. The molecule has 0 aromatic carbocycles. The molecule has 3 nitrogen and oxygen atoms in total. The number of hydrogen-bond donors (Lipinski definition) is 1. The van der Waals surface area contributed by atoms with E-state index in [2.05, 4.69) is 10.1 Å². The van der Waals surface area contributed by atoms with Crippen LogP contribution in [0.2, 0.25) is 0 Å². The monoisotopic (exact) mass is 199 g/mol. The van der Waals surface area contributed by atoms with Gasteiger partial charge in [0, 0.05) is 19.2 Å². The Hall–Kier alpha value is -0.330. The maximum atomic E-state index is 11.5. The quantitative estimate of drug-likeness (QED) is 0.682. The van der Waals surface area contributed by atoms with Crippen molar-refractivity contribution >= 4 is 0 Å². The summed E-state index contributed by atoms with van der Waals surface area (Å²) in [6.45, 7) is 1.11. The van der Waals surface area contributed by atoms with E-state index in [9.17, 15) is 13.2 Å². The summed E-state index contributed by atoms with van der Waals surface area (Å²) in [6.07, 6.45) is -3.67. The first kappa shape index (κ1) is 10.7. The average molecular weight is 199 g/mol. The lowest BCUT2D eigenvalue weighted by molar-refractivity contribution is -0.323. The first-order valence-electron chi connectivity index (χ1n) is 4.10. The van der Waals surface area contributed by atoms with Crippen LogP contribution in [0.15, 0.2) is 0 Å². The maximum Gasteiger partial charge on any atom is 0.522 e. The Kier molecular flexibility index (Phi) is 3.95. The van der Waals surface area contributed by atoms with Crippen molar-refractivity contribution < 1.29 is 22.6 Å². The Bertz CT molecular complexity index is 145. The van der Waals surface area contributed by atoms with Gasteiger partial charge in [0.2, 0.25) is 0 Å². The summed E-state index contributed by atoms with van der Waals surface area (Å²) in [5, 5.41) is 2.90. The highest BCUT2D eigenvalue weighted by atomic mass is 19.4. The highest BCUT2D eigenvalue weighted by Gasteiger charge is 2.28. The number of halogens is 3. The van der Waals surface area contributed by atoms with Crippen molar-refractivity contribution in [3.05, 3.63) is 0 Å². The molecule has 1 rings (SSSR count). The third-order valence-corrected chi connectivity index (χ3v) is 1.73. The van der Waals surface area contributed by atoms with E-state index in [4.69, 9.17) is 4.74 Å². The molecule has 0 bridgehead atoms.